The number of anilines is 1. The lowest BCUT2D eigenvalue weighted by atomic mass is 9.94. The van der Waals surface area contributed by atoms with Gasteiger partial charge in [0, 0.05) is 31.5 Å². The molecule has 0 aliphatic carbocycles. The molecule has 1 aromatic heterocycles. The number of hydrogen-bond acceptors (Lipinski definition) is 3. The second-order valence-corrected chi connectivity index (χ2v) is 5.06. The number of aromatic nitrogens is 1. The normalized spacial score (nSPS) is 26.7. The Kier molecular flexibility index (Phi) is 3.26. The first kappa shape index (κ1) is 10.9. The molecule has 1 aromatic rings. The van der Waals surface area contributed by atoms with Gasteiger partial charge in [0.05, 0.1) is 10.2 Å². The zero-order valence-corrected chi connectivity index (χ0v) is 10.4. The van der Waals surface area contributed by atoms with Crippen molar-refractivity contribution in [1.29, 1.82) is 0 Å². The molecule has 0 spiro atoms. The lowest BCUT2D eigenvalue weighted by molar-refractivity contribution is 0.379. The molecule has 3 nitrogen and oxygen atoms in total. The van der Waals surface area contributed by atoms with Crippen LogP contribution in [0.25, 0.3) is 0 Å². The summed E-state index contributed by atoms with van der Waals surface area (Å²) in [7, 11) is 0. The van der Waals surface area contributed by atoms with Gasteiger partial charge in [0.15, 0.2) is 0 Å². The van der Waals surface area contributed by atoms with E-state index >= 15 is 0 Å². The molecular formula is C11H16BrN3. The average Bonchev–Trinajstić information content (AvgIpc) is 2.23. The molecule has 2 atom stereocenters. The molecule has 2 heterocycles. The van der Waals surface area contributed by atoms with E-state index in [1.807, 2.05) is 18.5 Å². The summed E-state index contributed by atoms with van der Waals surface area (Å²) in [5.74, 6) is 0.627. The second kappa shape index (κ2) is 4.49. The summed E-state index contributed by atoms with van der Waals surface area (Å²) in [5.41, 5.74) is 7.28. The van der Waals surface area contributed by atoms with Gasteiger partial charge in [-0.2, -0.15) is 0 Å². The zero-order valence-electron chi connectivity index (χ0n) is 8.86. The van der Waals surface area contributed by atoms with Crippen molar-refractivity contribution in [3.63, 3.8) is 0 Å². The summed E-state index contributed by atoms with van der Waals surface area (Å²) in [6, 6.07) is 2.31. The van der Waals surface area contributed by atoms with E-state index < -0.39 is 0 Å². The lowest BCUT2D eigenvalue weighted by Crippen LogP contribution is -2.47. The van der Waals surface area contributed by atoms with Crippen LogP contribution in [0.2, 0.25) is 0 Å². The number of nitrogens with zero attached hydrogens (tertiary/aromatic N) is 2. The molecule has 4 heteroatoms. The highest BCUT2D eigenvalue weighted by Crippen LogP contribution is 2.28. The van der Waals surface area contributed by atoms with Crippen LogP contribution in [-0.4, -0.2) is 24.1 Å². The molecule has 0 radical (unpaired) electrons. The molecule has 15 heavy (non-hydrogen) atoms. The Morgan fingerprint density at radius 1 is 1.60 bits per heavy atom. The van der Waals surface area contributed by atoms with Crippen molar-refractivity contribution in [3.05, 3.63) is 22.9 Å². The minimum absolute atomic E-state index is 0.277. The first-order valence-electron chi connectivity index (χ1n) is 5.28. The highest BCUT2D eigenvalue weighted by molar-refractivity contribution is 9.10. The zero-order chi connectivity index (χ0) is 10.8. The van der Waals surface area contributed by atoms with Crippen molar-refractivity contribution >= 4 is 21.6 Å². The summed E-state index contributed by atoms with van der Waals surface area (Å²) >= 11 is 3.52. The molecule has 1 fully saturated rings. The highest BCUT2D eigenvalue weighted by atomic mass is 79.9. The molecule has 1 aliphatic rings. The van der Waals surface area contributed by atoms with Crippen LogP contribution in [0, 0.1) is 5.92 Å². The van der Waals surface area contributed by atoms with Gasteiger partial charge in [-0.25, -0.2) is 0 Å². The van der Waals surface area contributed by atoms with Gasteiger partial charge in [-0.1, -0.05) is 6.92 Å². The fourth-order valence-corrected chi connectivity index (χ4v) is 2.44. The van der Waals surface area contributed by atoms with Crippen LogP contribution in [0.4, 0.5) is 5.69 Å². The molecular weight excluding hydrogens is 254 g/mol. The first-order chi connectivity index (χ1) is 7.18. The van der Waals surface area contributed by atoms with Crippen LogP contribution in [0.1, 0.15) is 13.3 Å². The largest absolute Gasteiger partial charge is 0.369 e. The van der Waals surface area contributed by atoms with Crippen LogP contribution in [0.5, 0.6) is 0 Å². The van der Waals surface area contributed by atoms with E-state index in [1.54, 1.807) is 0 Å². The van der Waals surface area contributed by atoms with Gasteiger partial charge in [-0.05, 0) is 34.3 Å². The van der Waals surface area contributed by atoms with Crippen molar-refractivity contribution in [2.24, 2.45) is 11.7 Å². The summed E-state index contributed by atoms with van der Waals surface area (Å²) in [4.78, 5) is 6.40. The number of rotatable bonds is 1. The maximum absolute atomic E-state index is 6.08. The molecule has 2 N–H and O–H groups in total. The lowest BCUT2D eigenvalue weighted by Gasteiger charge is -2.36. The molecule has 2 rings (SSSR count). The molecule has 1 aliphatic heterocycles. The number of halogens is 1. The fraction of sp³-hybridized carbons (Fsp3) is 0.545. The number of piperidine rings is 1. The number of pyridine rings is 1. The molecule has 0 saturated carbocycles. The van der Waals surface area contributed by atoms with Crippen molar-refractivity contribution in [2.75, 3.05) is 18.0 Å². The maximum atomic E-state index is 6.08. The predicted molar refractivity (Wildman–Crippen MR) is 65.9 cm³/mol. The third-order valence-electron chi connectivity index (χ3n) is 3.11. The predicted octanol–water partition coefficient (Wildman–Crippen LogP) is 2.02. The van der Waals surface area contributed by atoms with Crippen molar-refractivity contribution < 1.29 is 0 Å². The highest BCUT2D eigenvalue weighted by Gasteiger charge is 2.24. The number of nitrogens with two attached hydrogens (primary N) is 1. The molecule has 0 bridgehead atoms. The van der Waals surface area contributed by atoms with E-state index in [2.05, 4.69) is 32.7 Å². The van der Waals surface area contributed by atoms with E-state index in [-0.39, 0.29) is 6.04 Å². The van der Waals surface area contributed by atoms with Crippen molar-refractivity contribution in [1.82, 2.24) is 4.98 Å². The summed E-state index contributed by atoms with van der Waals surface area (Å²) in [6.07, 6.45) is 4.82. The van der Waals surface area contributed by atoms with Gasteiger partial charge in [0.2, 0.25) is 0 Å². The van der Waals surface area contributed by atoms with Crippen molar-refractivity contribution in [2.45, 2.75) is 19.4 Å². The van der Waals surface area contributed by atoms with E-state index in [0.29, 0.717) is 5.92 Å². The quantitative estimate of drug-likeness (QED) is 0.848. The van der Waals surface area contributed by atoms with Gasteiger partial charge in [0.25, 0.3) is 0 Å². The van der Waals surface area contributed by atoms with Gasteiger partial charge < -0.3 is 10.6 Å². The topological polar surface area (TPSA) is 42.2 Å². The standard InChI is InChI=1S/C11H16BrN3/c1-8-3-5-15(7-10(8)13)11-2-4-14-6-9(11)12/h2,4,6,8,10H,3,5,7,13H2,1H3. The Morgan fingerprint density at radius 3 is 3.07 bits per heavy atom. The van der Waals surface area contributed by atoms with E-state index in [4.69, 9.17) is 5.73 Å². The average molecular weight is 270 g/mol. The Labute approximate surface area is 98.8 Å². The Morgan fingerprint density at radius 2 is 2.40 bits per heavy atom. The molecule has 0 aromatic carbocycles. The number of hydrogen-bond donors (Lipinski definition) is 1. The molecule has 0 amide bonds. The molecule has 82 valence electrons. The monoisotopic (exact) mass is 269 g/mol. The Hall–Kier alpha value is -0.610. The van der Waals surface area contributed by atoms with Crippen LogP contribution in [0.3, 0.4) is 0 Å². The second-order valence-electron chi connectivity index (χ2n) is 4.20. The van der Waals surface area contributed by atoms with Gasteiger partial charge in [-0.3, -0.25) is 4.98 Å². The van der Waals surface area contributed by atoms with E-state index in [0.717, 1.165) is 24.0 Å². The third-order valence-corrected chi connectivity index (χ3v) is 3.72. The SMILES string of the molecule is CC1CCN(c2ccncc2Br)CC1N. The third kappa shape index (κ3) is 2.32. The smallest absolute Gasteiger partial charge is 0.0592 e. The van der Waals surface area contributed by atoms with Crippen LogP contribution >= 0.6 is 15.9 Å². The Balaban J connectivity index is 2.15. The fourth-order valence-electron chi connectivity index (χ4n) is 1.94. The van der Waals surface area contributed by atoms with Gasteiger partial charge in [0.1, 0.15) is 0 Å². The van der Waals surface area contributed by atoms with E-state index in [9.17, 15) is 0 Å². The van der Waals surface area contributed by atoms with Crippen LogP contribution in [-0.2, 0) is 0 Å². The maximum Gasteiger partial charge on any atom is 0.0592 e. The van der Waals surface area contributed by atoms with Gasteiger partial charge in [-0.15, -0.1) is 0 Å². The minimum atomic E-state index is 0.277. The van der Waals surface area contributed by atoms with E-state index in [1.165, 1.54) is 5.69 Å². The van der Waals surface area contributed by atoms with Gasteiger partial charge >= 0.3 is 0 Å². The molecule has 2 unspecified atom stereocenters. The van der Waals surface area contributed by atoms with Crippen molar-refractivity contribution in [3.8, 4) is 0 Å². The Bertz CT molecular complexity index is 342. The van der Waals surface area contributed by atoms with Crippen LogP contribution < -0.4 is 10.6 Å². The molecule has 1 saturated heterocycles. The first-order valence-corrected chi connectivity index (χ1v) is 6.08. The summed E-state index contributed by atoms with van der Waals surface area (Å²) in [6.45, 7) is 4.24. The summed E-state index contributed by atoms with van der Waals surface area (Å²) in [5, 5.41) is 0. The summed E-state index contributed by atoms with van der Waals surface area (Å²) < 4.78 is 1.05. The minimum Gasteiger partial charge on any atom is -0.369 e. The van der Waals surface area contributed by atoms with Crippen LogP contribution in [0.15, 0.2) is 22.9 Å².